The monoisotopic (exact) mass is 240 g/mol. The lowest BCUT2D eigenvalue weighted by Gasteiger charge is -2.24. The number of carboxylic acid groups (broad SMARTS) is 1. The fraction of sp³-hybridized carbons (Fsp3) is 0.545. The van der Waals surface area contributed by atoms with E-state index in [1.165, 1.54) is 6.92 Å². The van der Waals surface area contributed by atoms with Crippen molar-refractivity contribution in [3.05, 3.63) is 17.5 Å². The van der Waals surface area contributed by atoms with Crippen molar-refractivity contribution in [2.45, 2.75) is 39.2 Å². The van der Waals surface area contributed by atoms with Gasteiger partial charge >= 0.3 is 5.97 Å². The smallest absolute Gasteiger partial charge is 0.329 e. The molecule has 0 fully saturated rings. The van der Waals surface area contributed by atoms with Crippen LogP contribution in [0.15, 0.2) is 10.6 Å². The second kappa shape index (κ2) is 4.99. The Morgan fingerprint density at radius 2 is 2.24 bits per heavy atom. The van der Waals surface area contributed by atoms with Crippen LogP contribution < -0.4 is 5.32 Å². The lowest BCUT2D eigenvalue weighted by Crippen LogP contribution is -2.52. The van der Waals surface area contributed by atoms with Gasteiger partial charge in [-0.2, -0.15) is 0 Å². The minimum Gasteiger partial charge on any atom is -0.480 e. The largest absolute Gasteiger partial charge is 0.480 e. The van der Waals surface area contributed by atoms with Crippen LogP contribution in [0.5, 0.6) is 0 Å². The topological polar surface area (TPSA) is 92.4 Å². The van der Waals surface area contributed by atoms with E-state index in [1.807, 2.05) is 0 Å². The molecule has 1 atom stereocenters. The molecule has 0 saturated carbocycles. The van der Waals surface area contributed by atoms with E-state index < -0.39 is 11.5 Å². The maximum absolute atomic E-state index is 11.6. The number of aromatic nitrogens is 1. The molecule has 1 unspecified atom stereocenters. The summed E-state index contributed by atoms with van der Waals surface area (Å²) >= 11 is 0. The van der Waals surface area contributed by atoms with Gasteiger partial charge in [-0.05, 0) is 20.3 Å². The van der Waals surface area contributed by atoms with Gasteiger partial charge in [0.2, 0.25) is 5.91 Å². The van der Waals surface area contributed by atoms with Crippen LogP contribution in [-0.4, -0.2) is 27.7 Å². The van der Waals surface area contributed by atoms with Crippen LogP contribution in [0.1, 0.15) is 31.7 Å². The van der Waals surface area contributed by atoms with E-state index in [1.54, 1.807) is 19.9 Å². The molecule has 0 aliphatic heterocycles. The Kier molecular flexibility index (Phi) is 3.88. The van der Waals surface area contributed by atoms with Crippen molar-refractivity contribution in [1.82, 2.24) is 10.5 Å². The fourth-order valence-corrected chi connectivity index (χ4v) is 1.31. The molecule has 1 aromatic heterocycles. The maximum Gasteiger partial charge on any atom is 0.329 e. The molecule has 17 heavy (non-hydrogen) atoms. The number of hydrogen-bond donors (Lipinski definition) is 2. The highest BCUT2D eigenvalue weighted by Gasteiger charge is 2.32. The second-order valence-electron chi connectivity index (χ2n) is 4.14. The maximum atomic E-state index is 11.6. The molecule has 1 rings (SSSR count). The molecule has 0 saturated heterocycles. The molecule has 2 N–H and O–H groups in total. The van der Waals surface area contributed by atoms with E-state index in [4.69, 9.17) is 9.63 Å². The molecular formula is C11H16N2O4. The summed E-state index contributed by atoms with van der Waals surface area (Å²) in [5, 5.41) is 15.2. The van der Waals surface area contributed by atoms with Crippen molar-refractivity contribution < 1.29 is 19.2 Å². The molecular weight excluding hydrogens is 224 g/mol. The third kappa shape index (κ3) is 3.30. The SMILES string of the molecule is CCC(C)(NC(=O)Cc1cc(C)on1)C(=O)O. The summed E-state index contributed by atoms with van der Waals surface area (Å²) in [6, 6.07) is 1.64. The summed E-state index contributed by atoms with van der Waals surface area (Å²) in [6.07, 6.45) is 0.326. The molecule has 6 heteroatoms. The van der Waals surface area contributed by atoms with Crippen molar-refractivity contribution in [3.8, 4) is 0 Å². The summed E-state index contributed by atoms with van der Waals surface area (Å²) in [4.78, 5) is 22.6. The van der Waals surface area contributed by atoms with E-state index in [9.17, 15) is 9.59 Å². The van der Waals surface area contributed by atoms with Crippen LogP contribution in [0, 0.1) is 6.92 Å². The molecule has 0 spiro atoms. The van der Waals surface area contributed by atoms with E-state index >= 15 is 0 Å². The van der Waals surface area contributed by atoms with Gasteiger partial charge in [0.1, 0.15) is 11.3 Å². The first-order valence-electron chi connectivity index (χ1n) is 5.34. The van der Waals surface area contributed by atoms with Crippen LogP contribution in [0.4, 0.5) is 0 Å². The highest BCUT2D eigenvalue weighted by atomic mass is 16.5. The summed E-state index contributed by atoms with van der Waals surface area (Å²) in [5.74, 6) is -0.820. The zero-order valence-corrected chi connectivity index (χ0v) is 10.1. The molecule has 6 nitrogen and oxygen atoms in total. The number of carbonyl (C=O) groups is 2. The highest BCUT2D eigenvalue weighted by molar-refractivity contribution is 5.87. The van der Waals surface area contributed by atoms with E-state index in [0.29, 0.717) is 17.9 Å². The van der Waals surface area contributed by atoms with Gasteiger partial charge in [0.15, 0.2) is 0 Å². The Labute approximate surface area is 99.0 Å². The average molecular weight is 240 g/mol. The van der Waals surface area contributed by atoms with Crippen LogP contribution in [0.25, 0.3) is 0 Å². The van der Waals surface area contributed by atoms with Gasteiger partial charge in [0.05, 0.1) is 12.1 Å². The van der Waals surface area contributed by atoms with Crippen molar-refractivity contribution in [2.75, 3.05) is 0 Å². The molecule has 94 valence electrons. The first-order valence-corrected chi connectivity index (χ1v) is 5.34. The summed E-state index contributed by atoms with van der Waals surface area (Å²) in [7, 11) is 0. The second-order valence-corrected chi connectivity index (χ2v) is 4.14. The number of rotatable bonds is 5. The van der Waals surface area contributed by atoms with Crippen LogP contribution >= 0.6 is 0 Å². The predicted octanol–water partition coefficient (Wildman–Crippen LogP) is 0.895. The van der Waals surface area contributed by atoms with Crippen LogP contribution in [0.3, 0.4) is 0 Å². The van der Waals surface area contributed by atoms with E-state index in [2.05, 4.69) is 10.5 Å². The molecule has 1 aromatic rings. The Morgan fingerprint density at radius 3 is 2.65 bits per heavy atom. The minimum atomic E-state index is -1.24. The van der Waals surface area contributed by atoms with Crippen molar-refractivity contribution >= 4 is 11.9 Å². The predicted molar refractivity (Wildman–Crippen MR) is 59.4 cm³/mol. The molecule has 1 heterocycles. The summed E-state index contributed by atoms with van der Waals surface area (Å²) in [6.45, 7) is 4.90. The lowest BCUT2D eigenvalue weighted by atomic mass is 9.99. The number of hydrogen-bond acceptors (Lipinski definition) is 4. The Balaban J connectivity index is 2.63. The number of nitrogens with one attached hydrogen (secondary N) is 1. The first kappa shape index (κ1) is 13.2. The minimum absolute atomic E-state index is 0.0141. The van der Waals surface area contributed by atoms with Crippen molar-refractivity contribution in [3.63, 3.8) is 0 Å². The van der Waals surface area contributed by atoms with Gasteiger partial charge in [0.25, 0.3) is 0 Å². The zero-order valence-electron chi connectivity index (χ0n) is 10.1. The van der Waals surface area contributed by atoms with Crippen LogP contribution in [0.2, 0.25) is 0 Å². The number of amides is 1. The van der Waals surface area contributed by atoms with Crippen LogP contribution in [-0.2, 0) is 16.0 Å². The Hall–Kier alpha value is -1.85. The molecule has 0 radical (unpaired) electrons. The fourth-order valence-electron chi connectivity index (χ4n) is 1.31. The summed E-state index contributed by atoms with van der Waals surface area (Å²) < 4.78 is 4.82. The number of aliphatic carboxylic acids is 1. The van der Waals surface area contributed by atoms with E-state index in [0.717, 1.165) is 0 Å². The Bertz CT molecular complexity index is 427. The normalized spacial score (nSPS) is 14.1. The number of aryl methyl sites for hydroxylation is 1. The standard InChI is InChI=1S/C11H16N2O4/c1-4-11(3,10(15)16)12-9(14)6-8-5-7(2)17-13-8/h5H,4,6H2,1-3H3,(H,12,14)(H,15,16). The average Bonchev–Trinajstić information content (AvgIpc) is 2.63. The zero-order chi connectivity index (χ0) is 13.1. The van der Waals surface area contributed by atoms with Gasteiger partial charge in [-0.1, -0.05) is 12.1 Å². The lowest BCUT2D eigenvalue weighted by molar-refractivity contribution is -0.146. The third-order valence-corrected chi connectivity index (χ3v) is 2.61. The van der Waals surface area contributed by atoms with Crippen molar-refractivity contribution in [1.29, 1.82) is 0 Å². The molecule has 0 aliphatic carbocycles. The number of nitrogens with zero attached hydrogens (tertiary/aromatic N) is 1. The molecule has 1 amide bonds. The van der Waals surface area contributed by atoms with Gasteiger partial charge < -0.3 is 14.9 Å². The van der Waals surface area contributed by atoms with Crippen molar-refractivity contribution in [2.24, 2.45) is 0 Å². The van der Waals surface area contributed by atoms with Gasteiger partial charge in [-0.25, -0.2) is 4.79 Å². The molecule has 0 aliphatic rings. The number of carbonyl (C=O) groups excluding carboxylic acids is 1. The molecule has 0 bridgehead atoms. The highest BCUT2D eigenvalue weighted by Crippen LogP contribution is 2.10. The van der Waals surface area contributed by atoms with Gasteiger partial charge in [0, 0.05) is 6.07 Å². The first-order chi connectivity index (χ1) is 7.87. The van der Waals surface area contributed by atoms with Gasteiger partial charge in [-0.15, -0.1) is 0 Å². The van der Waals surface area contributed by atoms with E-state index in [-0.39, 0.29) is 12.3 Å². The quantitative estimate of drug-likeness (QED) is 0.797. The Morgan fingerprint density at radius 1 is 1.59 bits per heavy atom. The molecule has 0 aromatic carbocycles. The number of carboxylic acids is 1. The van der Waals surface area contributed by atoms with Gasteiger partial charge in [-0.3, -0.25) is 4.79 Å². The third-order valence-electron chi connectivity index (χ3n) is 2.61. The summed E-state index contributed by atoms with van der Waals surface area (Å²) in [5.41, 5.74) is -0.751.